The number of nitrogens with one attached hydrogen (secondary N) is 1. The molecule has 3 aromatic rings. The second-order valence-electron chi connectivity index (χ2n) is 5.82. The summed E-state index contributed by atoms with van der Waals surface area (Å²) in [7, 11) is 3.14. The van der Waals surface area contributed by atoms with Crippen LogP contribution in [-0.2, 0) is 6.54 Å². The Morgan fingerprint density at radius 3 is 2.50 bits per heavy atom. The first-order valence-electron chi connectivity index (χ1n) is 8.20. The summed E-state index contributed by atoms with van der Waals surface area (Å²) < 4.78 is 12.5. The number of hydrogen-bond acceptors (Lipinski definition) is 4. The maximum absolute atomic E-state index is 12.5. The first-order chi connectivity index (χ1) is 12.6. The lowest BCUT2D eigenvalue weighted by Gasteiger charge is -2.12. The Morgan fingerprint density at radius 1 is 1.12 bits per heavy atom. The fraction of sp³-hybridized carbons (Fsp3) is 0.200. The molecule has 0 fully saturated rings. The Hall–Kier alpha value is -3.28. The van der Waals surface area contributed by atoms with E-state index in [1.807, 2.05) is 37.4 Å². The van der Waals surface area contributed by atoms with Crippen LogP contribution in [0.3, 0.4) is 0 Å². The van der Waals surface area contributed by atoms with Gasteiger partial charge in [0.05, 0.1) is 19.9 Å². The number of benzene rings is 2. The third kappa shape index (κ3) is 3.85. The van der Waals surface area contributed by atoms with Gasteiger partial charge in [0.15, 0.2) is 0 Å². The molecule has 0 aliphatic rings. The molecule has 0 bridgehead atoms. The van der Waals surface area contributed by atoms with Gasteiger partial charge in [-0.3, -0.25) is 4.79 Å². The van der Waals surface area contributed by atoms with E-state index in [0.717, 1.165) is 17.9 Å². The van der Waals surface area contributed by atoms with Crippen LogP contribution in [0, 0.1) is 6.92 Å². The zero-order valence-corrected chi connectivity index (χ0v) is 15.0. The second-order valence-corrected chi connectivity index (χ2v) is 5.82. The van der Waals surface area contributed by atoms with Crippen molar-refractivity contribution >= 4 is 11.6 Å². The number of carbonyl (C=O) groups is 1. The van der Waals surface area contributed by atoms with E-state index in [1.165, 1.54) is 0 Å². The minimum absolute atomic E-state index is 0.207. The van der Waals surface area contributed by atoms with Gasteiger partial charge in [0.25, 0.3) is 5.91 Å². The van der Waals surface area contributed by atoms with Crippen LogP contribution < -0.4 is 14.8 Å². The van der Waals surface area contributed by atoms with Crippen LogP contribution in [0.1, 0.15) is 21.7 Å². The van der Waals surface area contributed by atoms with Gasteiger partial charge in [0.1, 0.15) is 17.3 Å². The molecule has 2 aromatic carbocycles. The number of amides is 1. The van der Waals surface area contributed by atoms with Crippen LogP contribution >= 0.6 is 0 Å². The highest BCUT2D eigenvalue weighted by atomic mass is 16.5. The topological polar surface area (TPSA) is 65.4 Å². The van der Waals surface area contributed by atoms with E-state index in [1.54, 1.807) is 38.6 Å². The lowest BCUT2D eigenvalue weighted by molar-refractivity contribution is 0.102. The third-order valence-electron chi connectivity index (χ3n) is 4.15. The van der Waals surface area contributed by atoms with Gasteiger partial charge in [0, 0.05) is 30.6 Å². The molecule has 1 N–H and O–H groups in total. The number of imidazole rings is 1. The average Bonchev–Trinajstić information content (AvgIpc) is 3.06. The number of rotatable bonds is 6. The van der Waals surface area contributed by atoms with Gasteiger partial charge in [0.2, 0.25) is 0 Å². The van der Waals surface area contributed by atoms with E-state index in [-0.39, 0.29) is 5.91 Å². The van der Waals surface area contributed by atoms with Gasteiger partial charge in [-0.25, -0.2) is 4.98 Å². The lowest BCUT2D eigenvalue weighted by atomic mass is 10.1. The van der Waals surface area contributed by atoms with Crippen LogP contribution in [0.25, 0.3) is 0 Å². The number of methoxy groups -OCH3 is 2. The van der Waals surface area contributed by atoms with E-state index in [9.17, 15) is 4.79 Å². The first-order valence-corrected chi connectivity index (χ1v) is 8.20. The number of hydrogen-bond donors (Lipinski definition) is 1. The maximum atomic E-state index is 12.5. The van der Waals surface area contributed by atoms with E-state index in [2.05, 4.69) is 14.9 Å². The van der Waals surface area contributed by atoms with Crippen LogP contribution in [-0.4, -0.2) is 29.7 Å². The zero-order chi connectivity index (χ0) is 18.5. The van der Waals surface area contributed by atoms with Crippen LogP contribution in [0.4, 0.5) is 5.69 Å². The number of carbonyl (C=O) groups excluding carboxylic acids is 1. The number of ether oxygens (including phenoxy) is 2. The highest BCUT2D eigenvalue weighted by molar-refractivity contribution is 6.05. The van der Waals surface area contributed by atoms with Crippen molar-refractivity contribution in [1.82, 2.24) is 9.55 Å². The van der Waals surface area contributed by atoms with Crippen molar-refractivity contribution in [2.75, 3.05) is 19.5 Å². The van der Waals surface area contributed by atoms with Crippen LogP contribution in [0.2, 0.25) is 0 Å². The van der Waals surface area contributed by atoms with E-state index < -0.39 is 0 Å². The molecular formula is C20H21N3O3. The fourth-order valence-electron chi connectivity index (χ4n) is 2.64. The molecule has 134 valence electrons. The average molecular weight is 351 g/mol. The molecular weight excluding hydrogens is 330 g/mol. The maximum Gasteiger partial charge on any atom is 0.255 e. The summed E-state index contributed by atoms with van der Waals surface area (Å²) in [5.41, 5.74) is 2.23. The Balaban J connectivity index is 1.73. The number of anilines is 1. The van der Waals surface area contributed by atoms with Crippen molar-refractivity contribution in [3.8, 4) is 11.5 Å². The summed E-state index contributed by atoms with van der Waals surface area (Å²) >= 11 is 0. The molecule has 6 heteroatoms. The number of aromatic nitrogens is 2. The van der Waals surface area contributed by atoms with E-state index >= 15 is 0 Å². The summed E-state index contributed by atoms with van der Waals surface area (Å²) in [5, 5.41) is 2.87. The molecule has 0 saturated heterocycles. The monoisotopic (exact) mass is 351 g/mol. The molecule has 0 saturated carbocycles. The summed E-state index contributed by atoms with van der Waals surface area (Å²) in [4.78, 5) is 16.8. The summed E-state index contributed by atoms with van der Waals surface area (Å²) in [6.45, 7) is 2.68. The molecule has 0 aliphatic heterocycles. The highest BCUT2D eigenvalue weighted by Gasteiger charge is 2.11. The van der Waals surface area contributed by atoms with Crippen molar-refractivity contribution in [2.24, 2.45) is 0 Å². The molecule has 6 nitrogen and oxygen atoms in total. The number of aryl methyl sites for hydroxylation is 1. The van der Waals surface area contributed by atoms with Gasteiger partial charge in [-0.15, -0.1) is 0 Å². The van der Waals surface area contributed by atoms with Crippen molar-refractivity contribution in [3.05, 3.63) is 71.8 Å². The van der Waals surface area contributed by atoms with Crippen LogP contribution in [0.15, 0.2) is 54.9 Å². The van der Waals surface area contributed by atoms with Gasteiger partial charge in [-0.2, -0.15) is 0 Å². The smallest absolute Gasteiger partial charge is 0.255 e. The van der Waals surface area contributed by atoms with Crippen molar-refractivity contribution in [2.45, 2.75) is 13.5 Å². The molecule has 1 heterocycles. The SMILES string of the molecule is COc1ccc(OC)c(NC(=O)c2ccc(Cn3ccnc3C)cc2)c1. The Morgan fingerprint density at radius 2 is 1.88 bits per heavy atom. The minimum Gasteiger partial charge on any atom is -0.497 e. The van der Waals surface area contributed by atoms with Gasteiger partial charge < -0.3 is 19.4 Å². The Kier molecular flexibility index (Phi) is 5.22. The zero-order valence-electron chi connectivity index (χ0n) is 15.0. The lowest BCUT2D eigenvalue weighted by Crippen LogP contribution is -2.13. The normalized spacial score (nSPS) is 10.4. The molecule has 0 spiro atoms. The predicted octanol–water partition coefficient (Wildman–Crippen LogP) is 3.51. The van der Waals surface area contributed by atoms with Gasteiger partial charge >= 0.3 is 0 Å². The standard InChI is InChI=1S/C20H21N3O3/c1-14-21-10-11-23(14)13-15-4-6-16(7-5-15)20(24)22-18-12-17(25-2)8-9-19(18)26-3/h4-12H,13H2,1-3H3,(H,22,24). The second kappa shape index (κ2) is 7.74. The fourth-order valence-corrected chi connectivity index (χ4v) is 2.64. The van der Waals surface area contributed by atoms with Crippen molar-refractivity contribution in [3.63, 3.8) is 0 Å². The molecule has 0 radical (unpaired) electrons. The third-order valence-corrected chi connectivity index (χ3v) is 4.15. The molecule has 1 amide bonds. The van der Waals surface area contributed by atoms with E-state index in [4.69, 9.17) is 9.47 Å². The predicted molar refractivity (Wildman–Crippen MR) is 100 cm³/mol. The first kappa shape index (κ1) is 17.5. The minimum atomic E-state index is -0.207. The number of nitrogens with zero attached hydrogens (tertiary/aromatic N) is 2. The molecule has 0 atom stereocenters. The largest absolute Gasteiger partial charge is 0.497 e. The summed E-state index contributed by atoms with van der Waals surface area (Å²) in [5.74, 6) is 1.97. The molecule has 3 rings (SSSR count). The van der Waals surface area contributed by atoms with Crippen LogP contribution in [0.5, 0.6) is 11.5 Å². The Bertz CT molecular complexity index is 901. The highest BCUT2D eigenvalue weighted by Crippen LogP contribution is 2.29. The van der Waals surface area contributed by atoms with Crippen molar-refractivity contribution in [1.29, 1.82) is 0 Å². The van der Waals surface area contributed by atoms with E-state index in [0.29, 0.717) is 22.7 Å². The summed E-state index contributed by atoms with van der Waals surface area (Å²) in [6.07, 6.45) is 3.71. The molecule has 1 aromatic heterocycles. The van der Waals surface area contributed by atoms with Gasteiger partial charge in [-0.05, 0) is 36.8 Å². The Labute approximate surface area is 152 Å². The quantitative estimate of drug-likeness (QED) is 0.738. The van der Waals surface area contributed by atoms with Crippen molar-refractivity contribution < 1.29 is 14.3 Å². The molecule has 0 unspecified atom stereocenters. The van der Waals surface area contributed by atoms with Gasteiger partial charge in [-0.1, -0.05) is 12.1 Å². The molecule has 26 heavy (non-hydrogen) atoms. The molecule has 0 aliphatic carbocycles. The summed E-state index contributed by atoms with van der Waals surface area (Å²) in [6, 6.07) is 12.8.